The highest BCUT2D eigenvalue weighted by Gasteiger charge is 2.20. The molecule has 1 aromatic carbocycles. The van der Waals surface area contributed by atoms with E-state index in [-0.39, 0.29) is 5.56 Å². The van der Waals surface area contributed by atoms with Crippen LogP contribution in [0.3, 0.4) is 0 Å². The van der Waals surface area contributed by atoms with Gasteiger partial charge in [-0.05, 0) is 44.0 Å². The zero-order valence-corrected chi connectivity index (χ0v) is 11.1. The van der Waals surface area contributed by atoms with Gasteiger partial charge in [-0.15, -0.1) is 0 Å². The van der Waals surface area contributed by atoms with Crippen molar-refractivity contribution in [1.82, 2.24) is 0 Å². The number of furan rings is 1. The molecule has 16 heavy (non-hydrogen) atoms. The Morgan fingerprint density at radius 2 is 1.94 bits per heavy atom. The molecule has 0 amide bonds. The molecule has 84 valence electrons. The Kier molecular flexibility index (Phi) is 3.47. The monoisotopic (exact) mass is 348 g/mol. The van der Waals surface area contributed by atoms with Crippen molar-refractivity contribution in [2.24, 2.45) is 0 Å². The van der Waals surface area contributed by atoms with Crippen molar-refractivity contribution in [3.63, 3.8) is 0 Å². The van der Waals surface area contributed by atoms with Crippen LogP contribution in [-0.2, 0) is 0 Å². The Labute approximate surface area is 108 Å². The summed E-state index contributed by atoms with van der Waals surface area (Å²) in [6.07, 6.45) is 0.379. The van der Waals surface area contributed by atoms with E-state index < -0.39 is 11.9 Å². The van der Waals surface area contributed by atoms with E-state index in [0.717, 1.165) is 0 Å². The lowest BCUT2D eigenvalue weighted by Gasteiger charge is -2.11. The van der Waals surface area contributed by atoms with E-state index in [1.165, 1.54) is 12.3 Å². The summed E-state index contributed by atoms with van der Waals surface area (Å²) >= 11 is 6.22. The maximum atomic E-state index is 13.7. The third kappa shape index (κ3) is 2.07. The molecule has 2 nitrogen and oxygen atoms in total. The first-order valence-corrected chi connectivity index (χ1v) is 6.04. The van der Waals surface area contributed by atoms with Gasteiger partial charge >= 0.3 is 0 Å². The summed E-state index contributed by atoms with van der Waals surface area (Å²) in [5.41, 5.74) is 0.702. The molecule has 0 radical (unpaired) electrons. The molecule has 0 spiro atoms. The topological polar surface area (TPSA) is 33.4 Å². The van der Waals surface area contributed by atoms with Crippen molar-refractivity contribution >= 4 is 31.9 Å². The summed E-state index contributed by atoms with van der Waals surface area (Å²) in [6, 6.07) is 6.37. The minimum absolute atomic E-state index is 0.205. The third-order valence-electron chi connectivity index (χ3n) is 2.22. The van der Waals surface area contributed by atoms with E-state index in [2.05, 4.69) is 31.9 Å². The summed E-state index contributed by atoms with van der Waals surface area (Å²) in [5, 5.41) is 10.0. The predicted molar refractivity (Wildman–Crippen MR) is 64.6 cm³/mol. The zero-order valence-electron chi connectivity index (χ0n) is 7.95. The number of hydrogen-bond acceptors (Lipinski definition) is 2. The van der Waals surface area contributed by atoms with Gasteiger partial charge in [0.15, 0.2) is 4.67 Å². The van der Waals surface area contributed by atoms with Gasteiger partial charge in [-0.2, -0.15) is 0 Å². The fourth-order valence-corrected chi connectivity index (χ4v) is 2.24. The molecule has 0 fully saturated rings. The summed E-state index contributed by atoms with van der Waals surface area (Å²) in [4.78, 5) is 0. The van der Waals surface area contributed by atoms with Gasteiger partial charge in [-0.25, -0.2) is 4.39 Å². The highest BCUT2D eigenvalue weighted by molar-refractivity contribution is 9.10. The molecular weight excluding hydrogens is 343 g/mol. The van der Waals surface area contributed by atoms with E-state index in [9.17, 15) is 9.50 Å². The smallest absolute Gasteiger partial charge is 0.175 e. The van der Waals surface area contributed by atoms with Gasteiger partial charge in [-0.1, -0.05) is 12.1 Å². The predicted octanol–water partition coefficient (Wildman–Crippen LogP) is 4.03. The molecule has 2 rings (SSSR count). The third-order valence-corrected chi connectivity index (χ3v) is 3.47. The second-order valence-corrected chi connectivity index (χ2v) is 4.77. The molecule has 0 bridgehead atoms. The van der Waals surface area contributed by atoms with E-state index in [4.69, 9.17) is 4.42 Å². The fraction of sp³-hybridized carbons (Fsp3) is 0.0909. The second kappa shape index (κ2) is 4.69. The number of halogens is 3. The number of hydrogen-bond donors (Lipinski definition) is 1. The lowest BCUT2D eigenvalue weighted by Crippen LogP contribution is -2.02. The molecule has 1 unspecified atom stereocenters. The second-order valence-electron chi connectivity index (χ2n) is 3.20. The Balaban J connectivity index is 2.46. The molecule has 0 aliphatic heterocycles. The molecule has 5 heteroatoms. The van der Waals surface area contributed by atoms with Crippen molar-refractivity contribution in [1.29, 1.82) is 0 Å². The zero-order chi connectivity index (χ0) is 11.7. The summed E-state index contributed by atoms with van der Waals surface area (Å²) in [7, 11) is 0. The first kappa shape index (κ1) is 11.8. The van der Waals surface area contributed by atoms with Crippen LogP contribution in [0.25, 0.3) is 0 Å². The summed E-state index contributed by atoms with van der Waals surface area (Å²) < 4.78 is 19.4. The molecular formula is C11H7Br2FO2. The van der Waals surface area contributed by atoms with Crippen LogP contribution in [0.4, 0.5) is 4.39 Å². The van der Waals surface area contributed by atoms with Gasteiger partial charge in [-0.3, -0.25) is 0 Å². The maximum absolute atomic E-state index is 13.7. The number of benzene rings is 1. The lowest BCUT2D eigenvalue weighted by molar-refractivity contribution is 0.212. The van der Waals surface area contributed by atoms with Crippen molar-refractivity contribution in [3.8, 4) is 0 Å². The minimum Gasteiger partial charge on any atom is -0.457 e. The lowest BCUT2D eigenvalue weighted by atomic mass is 10.0. The van der Waals surface area contributed by atoms with Gasteiger partial charge in [0.25, 0.3) is 0 Å². The van der Waals surface area contributed by atoms with Crippen LogP contribution in [0.15, 0.2) is 44.1 Å². The maximum Gasteiger partial charge on any atom is 0.175 e. The van der Waals surface area contributed by atoms with Crippen molar-refractivity contribution in [3.05, 3.63) is 56.6 Å². The number of rotatable bonds is 2. The Morgan fingerprint density at radius 3 is 2.56 bits per heavy atom. The molecule has 0 aliphatic rings. The molecule has 1 heterocycles. The Hall–Kier alpha value is -0.650. The molecule has 0 saturated carbocycles. The summed E-state index contributed by atoms with van der Waals surface area (Å²) in [5.74, 6) is -0.469. The van der Waals surface area contributed by atoms with Crippen LogP contribution < -0.4 is 0 Å². The average molecular weight is 350 g/mol. The van der Waals surface area contributed by atoms with Crippen LogP contribution in [0.2, 0.25) is 0 Å². The summed E-state index contributed by atoms with van der Waals surface area (Å²) in [6.45, 7) is 0. The van der Waals surface area contributed by atoms with Crippen LogP contribution in [-0.4, -0.2) is 5.11 Å². The van der Waals surface area contributed by atoms with E-state index in [1.54, 1.807) is 18.2 Å². The number of aliphatic hydroxyl groups is 1. The van der Waals surface area contributed by atoms with Crippen LogP contribution in [0.5, 0.6) is 0 Å². The van der Waals surface area contributed by atoms with Gasteiger partial charge in [0, 0.05) is 11.1 Å². The van der Waals surface area contributed by atoms with Crippen LogP contribution >= 0.6 is 31.9 Å². The van der Waals surface area contributed by atoms with E-state index in [0.29, 0.717) is 14.7 Å². The molecule has 2 aromatic rings. The van der Waals surface area contributed by atoms with E-state index >= 15 is 0 Å². The average Bonchev–Trinajstić information content (AvgIpc) is 2.68. The van der Waals surface area contributed by atoms with Crippen molar-refractivity contribution in [2.45, 2.75) is 6.10 Å². The molecule has 0 aliphatic carbocycles. The highest BCUT2D eigenvalue weighted by Crippen LogP contribution is 2.32. The van der Waals surface area contributed by atoms with Gasteiger partial charge in [0.2, 0.25) is 0 Å². The first-order chi connectivity index (χ1) is 7.61. The Morgan fingerprint density at radius 1 is 1.19 bits per heavy atom. The largest absolute Gasteiger partial charge is 0.457 e. The standard InChI is InChI=1S/C11H7Br2FO2/c12-8-3-1-2-6(9(8)14)10(15)7-4-5-16-11(7)13/h1-5,10,15H. The van der Waals surface area contributed by atoms with Gasteiger partial charge < -0.3 is 9.52 Å². The Bertz CT molecular complexity index is 510. The first-order valence-electron chi connectivity index (χ1n) is 4.46. The quantitative estimate of drug-likeness (QED) is 0.888. The normalized spacial score (nSPS) is 12.8. The van der Waals surface area contributed by atoms with Crippen molar-refractivity contribution in [2.75, 3.05) is 0 Å². The molecule has 1 N–H and O–H groups in total. The SMILES string of the molecule is OC(c1ccoc1Br)c1cccc(Br)c1F. The highest BCUT2D eigenvalue weighted by atomic mass is 79.9. The molecule has 1 atom stereocenters. The van der Waals surface area contributed by atoms with Crippen LogP contribution in [0.1, 0.15) is 17.2 Å². The van der Waals surface area contributed by atoms with Crippen LogP contribution in [0, 0.1) is 5.82 Å². The minimum atomic E-state index is -1.05. The van der Waals surface area contributed by atoms with E-state index in [1.807, 2.05) is 0 Å². The van der Waals surface area contributed by atoms with Gasteiger partial charge in [0.1, 0.15) is 11.9 Å². The fourth-order valence-electron chi connectivity index (χ4n) is 1.40. The number of aliphatic hydroxyl groups excluding tert-OH is 1. The van der Waals surface area contributed by atoms with Crippen molar-refractivity contribution < 1.29 is 13.9 Å². The molecule has 0 saturated heterocycles. The van der Waals surface area contributed by atoms with Gasteiger partial charge in [0.05, 0.1) is 10.7 Å². The molecule has 1 aromatic heterocycles.